The molecule has 1 aromatic carbocycles. The molecule has 0 aromatic heterocycles. The first-order chi connectivity index (χ1) is 5.57. The number of nitrogen functional groups attached to an aromatic ring is 1. The topological polar surface area (TPSA) is 26.0 Å². The number of nitrogens with two attached hydrogens (primary N) is 1. The van der Waals surface area contributed by atoms with E-state index < -0.39 is 5.82 Å². The molecule has 0 fully saturated rings. The van der Waals surface area contributed by atoms with Crippen LogP contribution >= 0.6 is 0 Å². The number of hydrogen-bond acceptors (Lipinski definition) is 1. The van der Waals surface area contributed by atoms with Crippen LogP contribution in [0.5, 0.6) is 0 Å². The number of benzene rings is 1. The summed E-state index contributed by atoms with van der Waals surface area (Å²) in [6, 6.07) is 1.55. The predicted molar refractivity (Wildman–Crippen MR) is 48.2 cm³/mol. The van der Waals surface area contributed by atoms with E-state index in [0.29, 0.717) is 11.1 Å². The Balaban J connectivity index is 3.54. The predicted octanol–water partition coefficient (Wildman–Crippen LogP) is 2.01. The molecule has 2 N–H and O–H groups in total. The molecule has 0 bridgehead atoms. The van der Waals surface area contributed by atoms with Gasteiger partial charge in [-0.3, -0.25) is 0 Å². The zero-order valence-electron chi connectivity index (χ0n) is 7.11. The standard InChI is InChI=1S/C10H10FN/c1-4-8-6(2)5-9(12)10(11)7(8)3/h1,5H,12H2,2-3H3. The van der Waals surface area contributed by atoms with Crippen LogP contribution in [0, 0.1) is 32.0 Å². The number of hydrogen-bond donors (Lipinski definition) is 1. The summed E-state index contributed by atoms with van der Waals surface area (Å²) in [4.78, 5) is 0. The van der Waals surface area contributed by atoms with Crippen molar-refractivity contribution in [3.05, 3.63) is 28.6 Å². The highest BCUT2D eigenvalue weighted by molar-refractivity contribution is 5.55. The molecule has 0 spiro atoms. The van der Waals surface area contributed by atoms with Crippen LogP contribution in [0.15, 0.2) is 6.07 Å². The first-order valence-corrected chi connectivity index (χ1v) is 3.59. The number of terminal acetylenes is 1. The van der Waals surface area contributed by atoms with Gasteiger partial charge in [-0.2, -0.15) is 0 Å². The Kier molecular flexibility index (Phi) is 2.05. The second-order valence-electron chi connectivity index (χ2n) is 2.74. The van der Waals surface area contributed by atoms with Gasteiger partial charge in [0.15, 0.2) is 0 Å². The van der Waals surface area contributed by atoms with E-state index in [0.717, 1.165) is 5.56 Å². The van der Waals surface area contributed by atoms with Crippen molar-refractivity contribution in [1.29, 1.82) is 0 Å². The van der Waals surface area contributed by atoms with Crippen molar-refractivity contribution in [2.24, 2.45) is 0 Å². The molecular weight excluding hydrogens is 153 g/mol. The van der Waals surface area contributed by atoms with Gasteiger partial charge in [-0.25, -0.2) is 4.39 Å². The third kappa shape index (κ3) is 1.14. The maximum absolute atomic E-state index is 13.1. The summed E-state index contributed by atoms with van der Waals surface area (Å²) in [6.45, 7) is 3.45. The lowest BCUT2D eigenvalue weighted by Gasteiger charge is -2.06. The van der Waals surface area contributed by atoms with Crippen LogP contribution < -0.4 is 5.73 Å². The summed E-state index contributed by atoms with van der Waals surface area (Å²) in [5, 5.41) is 0. The van der Waals surface area contributed by atoms with Crippen LogP contribution in [-0.4, -0.2) is 0 Å². The highest BCUT2D eigenvalue weighted by atomic mass is 19.1. The van der Waals surface area contributed by atoms with Gasteiger partial charge in [0.1, 0.15) is 5.82 Å². The van der Waals surface area contributed by atoms with Gasteiger partial charge in [-0.05, 0) is 25.5 Å². The molecule has 1 aromatic rings. The third-order valence-electron chi connectivity index (χ3n) is 1.87. The van der Waals surface area contributed by atoms with E-state index in [9.17, 15) is 4.39 Å². The number of anilines is 1. The van der Waals surface area contributed by atoms with Gasteiger partial charge >= 0.3 is 0 Å². The Morgan fingerprint density at radius 2 is 2.08 bits per heavy atom. The normalized spacial score (nSPS) is 9.50. The number of rotatable bonds is 0. The maximum atomic E-state index is 13.1. The van der Waals surface area contributed by atoms with Crippen LogP contribution in [0.1, 0.15) is 16.7 Å². The van der Waals surface area contributed by atoms with E-state index in [1.165, 1.54) is 0 Å². The van der Waals surface area contributed by atoms with Gasteiger partial charge in [0.05, 0.1) is 5.69 Å². The van der Waals surface area contributed by atoms with Crippen molar-refractivity contribution >= 4 is 5.69 Å². The fraction of sp³-hybridized carbons (Fsp3) is 0.200. The van der Waals surface area contributed by atoms with Gasteiger partial charge in [-0.15, -0.1) is 6.42 Å². The van der Waals surface area contributed by atoms with Gasteiger partial charge in [0.25, 0.3) is 0 Å². The summed E-state index contributed by atoms with van der Waals surface area (Å²) in [5.41, 5.74) is 7.45. The Bertz CT molecular complexity index is 361. The zero-order chi connectivity index (χ0) is 9.30. The fourth-order valence-electron chi connectivity index (χ4n) is 1.21. The second-order valence-corrected chi connectivity index (χ2v) is 2.74. The number of halogens is 1. The molecule has 1 nitrogen and oxygen atoms in total. The molecule has 0 atom stereocenters. The van der Waals surface area contributed by atoms with Crippen LogP contribution in [0.4, 0.5) is 10.1 Å². The van der Waals surface area contributed by atoms with Crippen molar-refractivity contribution in [3.63, 3.8) is 0 Å². The summed E-state index contributed by atoms with van der Waals surface area (Å²) in [5.74, 6) is 2.03. The fourth-order valence-corrected chi connectivity index (χ4v) is 1.21. The molecule has 0 saturated carbocycles. The van der Waals surface area contributed by atoms with E-state index in [1.54, 1.807) is 13.0 Å². The van der Waals surface area contributed by atoms with Gasteiger partial charge in [0.2, 0.25) is 0 Å². The Morgan fingerprint density at radius 1 is 1.50 bits per heavy atom. The smallest absolute Gasteiger partial charge is 0.150 e. The van der Waals surface area contributed by atoms with Crippen LogP contribution in [0.3, 0.4) is 0 Å². The Morgan fingerprint density at radius 3 is 2.58 bits per heavy atom. The maximum Gasteiger partial charge on any atom is 0.150 e. The lowest BCUT2D eigenvalue weighted by atomic mass is 10.0. The van der Waals surface area contributed by atoms with E-state index in [1.807, 2.05) is 6.92 Å². The molecular formula is C10H10FN. The number of aryl methyl sites for hydroxylation is 1. The molecule has 0 aliphatic carbocycles. The summed E-state index contributed by atoms with van der Waals surface area (Å²) >= 11 is 0. The monoisotopic (exact) mass is 163 g/mol. The van der Waals surface area contributed by atoms with Gasteiger partial charge in [0, 0.05) is 11.1 Å². The van der Waals surface area contributed by atoms with Crippen molar-refractivity contribution in [1.82, 2.24) is 0 Å². The molecule has 0 aliphatic heterocycles. The average molecular weight is 163 g/mol. The largest absolute Gasteiger partial charge is 0.396 e. The van der Waals surface area contributed by atoms with Crippen molar-refractivity contribution < 1.29 is 4.39 Å². The second kappa shape index (κ2) is 2.86. The molecule has 2 heteroatoms. The molecule has 0 unspecified atom stereocenters. The highest BCUT2D eigenvalue weighted by Gasteiger charge is 2.08. The van der Waals surface area contributed by atoms with E-state index in [4.69, 9.17) is 12.2 Å². The Hall–Kier alpha value is -1.49. The summed E-state index contributed by atoms with van der Waals surface area (Å²) < 4.78 is 13.1. The molecule has 0 aliphatic rings. The molecule has 0 saturated heterocycles. The van der Waals surface area contributed by atoms with Gasteiger partial charge < -0.3 is 5.73 Å². The minimum absolute atomic E-state index is 0.156. The van der Waals surface area contributed by atoms with E-state index in [-0.39, 0.29) is 5.69 Å². The lowest BCUT2D eigenvalue weighted by Crippen LogP contribution is -1.98. The highest BCUT2D eigenvalue weighted by Crippen LogP contribution is 2.21. The van der Waals surface area contributed by atoms with Gasteiger partial charge in [-0.1, -0.05) is 5.92 Å². The van der Waals surface area contributed by atoms with E-state index >= 15 is 0 Å². The minimum Gasteiger partial charge on any atom is -0.396 e. The lowest BCUT2D eigenvalue weighted by molar-refractivity contribution is 0.622. The SMILES string of the molecule is C#Cc1c(C)cc(N)c(F)c1C. The quantitative estimate of drug-likeness (QED) is 0.459. The molecule has 0 heterocycles. The molecule has 0 amide bonds. The van der Waals surface area contributed by atoms with Crippen LogP contribution in [-0.2, 0) is 0 Å². The summed E-state index contributed by atoms with van der Waals surface area (Å²) in [7, 11) is 0. The minimum atomic E-state index is -0.409. The molecule has 12 heavy (non-hydrogen) atoms. The van der Waals surface area contributed by atoms with Crippen molar-refractivity contribution in [3.8, 4) is 12.3 Å². The zero-order valence-corrected chi connectivity index (χ0v) is 7.11. The molecule has 0 radical (unpaired) electrons. The van der Waals surface area contributed by atoms with Crippen LogP contribution in [0.25, 0.3) is 0 Å². The first-order valence-electron chi connectivity index (χ1n) is 3.59. The first kappa shape index (κ1) is 8.61. The Labute approximate surface area is 71.4 Å². The van der Waals surface area contributed by atoms with E-state index in [2.05, 4.69) is 5.92 Å². The third-order valence-corrected chi connectivity index (χ3v) is 1.87. The average Bonchev–Trinajstić information content (AvgIpc) is 2.01. The molecule has 62 valence electrons. The van der Waals surface area contributed by atoms with Crippen molar-refractivity contribution in [2.45, 2.75) is 13.8 Å². The van der Waals surface area contributed by atoms with Crippen molar-refractivity contribution in [2.75, 3.05) is 5.73 Å². The van der Waals surface area contributed by atoms with Crippen LogP contribution in [0.2, 0.25) is 0 Å². The molecule has 1 rings (SSSR count). The summed E-state index contributed by atoms with van der Waals surface area (Å²) in [6.07, 6.45) is 5.21.